The molecule has 62 valence electrons. The van der Waals surface area contributed by atoms with E-state index in [9.17, 15) is 0 Å². The van der Waals surface area contributed by atoms with E-state index in [1.165, 1.54) is 5.70 Å². The number of hydrogen-bond donors (Lipinski definition) is 0. The van der Waals surface area contributed by atoms with Crippen LogP contribution in [0.1, 0.15) is 6.42 Å². The van der Waals surface area contributed by atoms with Crippen molar-refractivity contribution in [3.8, 4) is 0 Å². The first-order valence-electron chi connectivity index (χ1n) is 4.10. The first kappa shape index (κ1) is 6.98. The Morgan fingerprint density at radius 1 is 1.18 bits per heavy atom. The van der Waals surface area contributed by atoms with E-state index < -0.39 is 0 Å². The zero-order valence-electron chi connectivity index (χ0n) is 6.58. The molecule has 2 heterocycles. The second kappa shape index (κ2) is 3.13. The van der Waals surface area contributed by atoms with Gasteiger partial charge >= 0.3 is 0 Å². The number of nitrogens with zero attached hydrogens (tertiary/aromatic N) is 1. The molecular weight excluding hydrogens is 142 g/mol. The quantitative estimate of drug-likeness (QED) is 0.553. The van der Waals surface area contributed by atoms with Crippen LogP contribution in [0.25, 0.3) is 0 Å². The number of morpholine rings is 1. The van der Waals surface area contributed by atoms with Crippen molar-refractivity contribution in [3.63, 3.8) is 0 Å². The zero-order chi connectivity index (χ0) is 7.52. The van der Waals surface area contributed by atoms with E-state index in [1.54, 1.807) is 0 Å². The maximum atomic E-state index is 5.25. The Hall–Kier alpha value is -0.700. The second-order valence-electron chi connectivity index (χ2n) is 2.83. The minimum Gasteiger partial charge on any atom is -0.499 e. The largest absolute Gasteiger partial charge is 0.499 e. The van der Waals surface area contributed by atoms with Gasteiger partial charge in [-0.2, -0.15) is 0 Å². The molecule has 0 aromatic carbocycles. The molecule has 2 aliphatic heterocycles. The van der Waals surface area contributed by atoms with Crippen LogP contribution < -0.4 is 0 Å². The molecule has 0 aromatic rings. The predicted octanol–water partition coefficient (Wildman–Crippen LogP) is 0.580. The fraction of sp³-hybridized carbons (Fsp3) is 0.750. The maximum absolute atomic E-state index is 5.25. The van der Waals surface area contributed by atoms with E-state index in [0.29, 0.717) is 0 Å². The Labute approximate surface area is 66.6 Å². The first-order valence-corrected chi connectivity index (χ1v) is 4.10. The van der Waals surface area contributed by atoms with Crippen LogP contribution in [-0.2, 0) is 9.47 Å². The Morgan fingerprint density at radius 2 is 2.00 bits per heavy atom. The number of hydrogen-bond acceptors (Lipinski definition) is 3. The summed E-state index contributed by atoms with van der Waals surface area (Å²) >= 11 is 0. The van der Waals surface area contributed by atoms with Crippen molar-refractivity contribution >= 4 is 0 Å². The minimum atomic E-state index is 0.854. The van der Waals surface area contributed by atoms with Gasteiger partial charge in [0.05, 0.1) is 25.5 Å². The summed E-state index contributed by atoms with van der Waals surface area (Å²) in [5, 5.41) is 0. The van der Waals surface area contributed by atoms with Gasteiger partial charge in [-0.25, -0.2) is 0 Å². The highest BCUT2D eigenvalue weighted by Crippen LogP contribution is 2.16. The summed E-state index contributed by atoms with van der Waals surface area (Å²) in [5.41, 5.74) is 1.34. The monoisotopic (exact) mass is 155 g/mol. The molecule has 0 saturated carbocycles. The standard InChI is InChI=1S/C8H13NO2/c1-4-11-7-8(1)9-2-5-10-6-3-9/h7H,1-6H2. The lowest BCUT2D eigenvalue weighted by atomic mass is 10.3. The fourth-order valence-corrected chi connectivity index (χ4v) is 1.46. The molecule has 0 spiro atoms. The molecule has 3 nitrogen and oxygen atoms in total. The van der Waals surface area contributed by atoms with Gasteiger partial charge in [-0.3, -0.25) is 0 Å². The summed E-state index contributed by atoms with van der Waals surface area (Å²) in [6.07, 6.45) is 2.95. The molecule has 2 aliphatic rings. The van der Waals surface area contributed by atoms with E-state index in [1.807, 2.05) is 6.26 Å². The minimum absolute atomic E-state index is 0.854. The van der Waals surface area contributed by atoms with Crippen LogP contribution in [0.2, 0.25) is 0 Å². The fourth-order valence-electron chi connectivity index (χ4n) is 1.46. The van der Waals surface area contributed by atoms with E-state index in [2.05, 4.69) is 4.90 Å². The van der Waals surface area contributed by atoms with Gasteiger partial charge in [0.15, 0.2) is 0 Å². The van der Waals surface area contributed by atoms with Crippen LogP contribution in [0, 0.1) is 0 Å². The van der Waals surface area contributed by atoms with Gasteiger partial charge in [0, 0.05) is 19.5 Å². The van der Waals surface area contributed by atoms with Crippen molar-refractivity contribution in [1.29, 1.82) is 0 Å². The molecule has 0 unspecified atom stereocenters. The Bertz CT molecular complexity index is 161. The Kier molecular flexibility index (Phi) is 1.99. The van der Waals surface area contributed by atoms with Crippen LogP contribution in [-0.4, -0.2) is 37.8 Å². The molecule has 2 rings (SSSR count). The van der Waals surface area contributed by atoms with Crippen molar-refractivity contribution in [1.82, 2.24) is 4.90 Å². The third kappa shape index (κ3) is 1.48. The van der Waals surface area contributed by atoms with Crippen molar-refractivity contribution in [2.45, 2.75) is 6.42 Å². The maximum Gasteiger partial charge on any atom is 0.102 e. The lowest BCUT2D eigenvalue weighted by Crippen LogP contribution is -2.35. The smallest absolute Gasteiger partial charge is 0.102 e. The van der Waals surface area contributed by atoms with E-state index in [-0.39, 0.29) is 0 Å². The lowest BCUT2D eigenvalue weighted by Gasteiger charge is -2.28. The molecule has 1 saturated heterocycles. The molecule has 0 N–H and O–H groups in total. The highest BCUT2D eigenvalue weighted by molar-refractivity contribution is 5.01. The van der Waals surface area contributed by atoms with Crippen LogP contribution in [0.4, 0.5) is 0 Å². The van der Waals surface area contributed by atoms with Crippen LogP contribution in [0.3, 0.4) is 0 Å². The van der Waals surface area contributed by atoms with Crippen molar-refractivity contribution < 1.29 is 9.47 Å². The Balaban J connectivity index is 1.92. The SMILES string of the molecule is C1=C(N2CCOCC2)CCO1. The van der Waals surface area contributed by atoms with Gasteiger partial charge in [0.2, 0.25) is 0 Å². The molecule has 0 amide bonds. The molecule has 11 heavy (non-hydrogen) atoms. The van der Waals surface area contributed by atoms with Gasteiger partial charge in [0.25, 0.3) is 0 Å². The first-order chi connectivity index (χ1) is 5.47. The van der Waals surface area contributed by atoms with Gasteiger partial charge in [-0.05, 0) is 0 Å². The summed E-state index contributed by atoms with van der Waals surface area (Å²) in [7, 11) is 0. The topological polar surface area (TPSA) is 21.7 Å². The Morgan fingerprint density at radius 3 is 2.64 bits per heavy atom. The van der Waals surface area contributed by atoms with Crippen molar-refractivity contribution in [2.24, 2.45) is 0 Å². The van der Waals surface area contributed by atoms with Gasteiger partial charge in [-0.1, -0.05) is 0 Å². The average Bonchev–Trinajstić information content (AvgIpc) is 2.58. The summed E-state index contributed by atoms with van der Waals surface area (Å²) in [4.78, 5) is 2.34. The third-order valence-electron chi connectivity index (χ3n) is 2.11. The molecule has 3 heteroatoms. The van der Waals surface area contributed by atoms with Crippen molar-refractivity contribution in [3.05, 3.63) is 12.0 Å². The highest BCUT2D eigenvalue weighted by atomic mass is 16.5. The average molecular weight is 155 g/mol. The molecule has 0 bridgehead atoms. The molecular formula is C8H13NO2. The molecule has 0 aliphatic carbocycles. The van der Waals surface area contributed by atoms with Gasteiger partial charge in [-0.15, -0.1) is 0 Å². The van der Waals surface area contributed by atoms with E-state index in [4.69, 9.17) is 9.47 Å². The highest BCUT2D eigenvalue weighted by Gasteiger charge is 2.16. The number of ether oxygens (including phenoxy) is 2. The normalized spacial score (nSPS) is 24.7. The van der Waals surface area contributed by atoms with Gasteiger partial charge in [0.1, 0.15) is 6.26 Å². The molecule has 0 aromatic heterocycles. The molecule has 0 radical (unpaired) electrons. The summed E-state index contributed by atoms with van der Waals surface area (Å²) < 4.78 is 10.4. The number of rotatable bonds is 1. The van der Waals surface area contributed by atoms with Crippen LogP contribution >= 0.6 is 0 Å². The zero-order valence-corrected chi connectivity index (χ0v) is 6.58. The van der Waals surface area contributed by atoms with E-state index in [0.717, 1.165) is 39.3 Å². The molecule has 1 fully saturated rings. The van der Waals surface area contributed by atoms with Crippen LogP contribution in [0.15, 0.2) is 12.0 Å². The lowest BCUT2D eigenvalue weighted by molar-refractivity contribution is 0.0527. The van der Waals surface area contributed by atoms with Crippen LogP contribution in [0.5, 0.6) is 0 Å². The summed E-state index contributed by atoms with van der Waals surface area (Å²) in [6, 6.07) is 0. The van der Waals surface area contributed by atoms with Crippen molar-refractivity contribution in [2.75, 3.05) is 32.9 Å². The predicted molar refractivity (Wildman–Crippen MR) is 41.0 cm³/mol. The van der Waals surface area contributed by atoms with E-state index >= 15 is 0 Å². The second-order valence-corrected chi connectivity index (χ2v) is 2.83. The summed E-state index contributed by atoms with van der Waals surface area (Å²) in [6.45, 7) is 4.62. The van der Waals surface area contributed by atoms with Gasteiger partial charge < -0.3 is 14.4 Å². The summed E-state index contributed by atoms with van der Waals surface area (Å²) in [5.74, 6) is 0. The molecule has 0 atom stereocenters. The third-order valence-corrected chi connectivity index (χ3v) is 2.11.